The molecule has 114 valence electrons. The minimum atomic E-state index is -1.01. The van der Waals surface area contributed by atoms with Crippen LogP contribution < -0.4 is 16.0 Å². The van der Waals surface area contributed by atoms with Crippen molar-refractivity contribution in [1.29, 1.82) is 0 Å². The quantitative estimate of drug-likeness (QED) is 0.713. The summed E-state index contributed by atoms with van der Waals surface area (Å²) in [5, 5.41) is 2.52. The average Bonchev–Trinajstić information content (AvgIpc) is 2.43. The minimum absolute atomic E-state index is 0.169. The minimum Gasteiger partial charge on any atom is -0.369 e. The molecule has 1 aliphatic rings. The van der Waals surface area contributed by atoms with E-state index in [-0.39, 0.29) is 30.0 Å². The molecular formula is C14H18F2N3O2+. The van der Waals surface area contributed by atoms with E-state index >= 15 is 0 Å². The summed E-state index contributed by atoms with van der Waals surface area (Å²) in [7, 11) is 0. The molecule has 21 heavy (non-hydrogen) atoms. The molecule has 1 aromatic rings. The van der Waals surface area contributed by atoms with Crippen LogP contribution in [0.4, 0.5) is 14.5 Å². The lowest BCUT2D eigenvalue weighted by Crippen LogP contribution is -3.14. The van der Waals surface area contributed by atoms with Crippen molar-refractivity contribution in [3.8, 4) is 0 Å². The Morgan fingerprint density at radius 2 is 2.10 bits per heavy atom. The Labute approximate surface area is 121 Å². The van der Waals surface area contributed by atoms with Crippen LogP contribution in [0.15, 0.2) is 18.2 Å². The first-order chi connectivity index (χ1) is 9.95. The molecule has 0 bridgehead atoms. The Kier molecular flexibility index (Phi) is 4.85. The lowest BCUT2D eigenvalue weighted by molar-refractivity contribution is -0.899. The number of hydrogen-bond donors (Lipinski definition) is 3. The Bertz CT molecular complexity index is 551. The van der Waals surface area contributed by atoms with Crippen molar-refractivity contribution in [3.63, 3.8) is 0 Å². The van der Waals surface area contributed by atoms with Gasteiger partial charge in [-0.05, 0) is 25.0 Å². The maximum atomic E-state index is 13.0. The highest BCUT2D eigenvalue weighted by atomic mass is 19.2. The number of nitrogens with two attached hydrogens (primary N) is 1. The van der Waals surface area contributed by atoms with E-state index in [1.807, 2.05) is 0 Å². The van der Waals surface area contributed by atoms with E-state index in [9.17, 15) is 18.4 Å². The smallest absolute Gasteiger partial charge is 0.279 e. The summed E-state index contributed by atoms with van der Waals surface area (Å²) in [4.78, 5) is 24.0. The maximum absolute atomic E-state index is 13.0. The molecule has 0 aromatic heterocycles. The van der Waals surface area contributed by atoms with E-state index in [0.29, 0.717) is 6.54 Å². The van der Waals surface area contributed by atoms with Gasteiger partial charge in [0, 0.05) is 11.8 Å². The van der Waals surface area contributed by atoms with E-state index in [4.69, 9.17) is 5.73 Å². The van der Waals surface area contributed by atoms with Crippen molar-refractivity contribution in [1.82, 2.24) is 0 Å². The molecule has 0 spiro atoms. The van der Waals surface area contributed by atoms with Gasteiger partial charge in [0.15, 0.2) is 18.2 Å². The SMILES string of the molecule is NC(=O)[C@H]1CCC[NH+](CC(=O)Nc2ccc(F)c(F)c2)C1. The Hall–Kier alpha value is -2.02. The summed E-state index contributed by atoms with van der Waals surface area (Å²) >= 11 is 0. The van der Waals surface area contributed by atoms with E-state index in [1.54, 1.807) is 0 Å². The number of piperidine rings is 1. The summed E-state index contributed by atoms with van der Waals surface area (Å²) < 4.78 is 25.8. The van der Waals surface area contributed by atoms with Crippen LogP contribution in [-0.4, -0.2) is 31.4 Å². The summed E-state index contributed by atoms with van der Waals surface area (Å²) in [6, 6.07) is 3.20. The van der Waals surface area contributed by atoms with Crippen molar-refractivity contribution in [2.45, 2.75) is 12.8 Å². The molecule has 1 aliphatic heterocycles. The number of nitrogens with one attached hydrogen (secondary N) is 2. The van der Waals surface area contributed by atoms with Crippen LogP contribution in [0.3, 0.4) is 0 Å². The number of halogens is 2. The van der Waals surface area contributed by atoms with Gasteiger partial charge in [-0.3, -0.25) is 9.59 Å². The molecule has 2 rings (SSSR count). The fourth-order valence-electron chi connectivity index (χ4n) is 2.56. The number of quaternary nitrogens is 1. The molecule has 4 N–H and O–H groups in total. The lowest BCUT2D eigenvalue weighted by Gasteiger charge is -2.27. The number of carbonyl (C=O) groups excluding carboxylic acids is 2. The van der Waals surface area contributed by atoms with Crippen molar-refractivity contribution < 1.29 is 23.3 Å². The molecule has 0 radical (unpaired) electrons. The topological polar surface area (TPSA) is 76.6 Å². The zero-order chi connectivity index (χ0) is 15.4. The highest BCUT2D eigenvalue weighted by Gasteiger charge is 2.28. The van der Waals surface area contributed by atoms with Crippen LogP contribution >= 0.6 is 0 Å². The third-order valence-corrected chi connectivity index (χ3v) is 3.63. The second kappa shape index (κ2) is 6.62. The average molecular weight is 298 g/mol. The van der Waals surface area contributed by atoms with E-state index in [2.05, 4.69) is 5.32 Å². The van der Waals surface area contributed by atoms with Gasteiger partial charge in [0.05, 0.1) is 19.0 Å². The van der Waals surface area contributed by atoms with E-state index in [1.165, 1.54) is 6.07 Å². The monoisotopic (exact) mass is 298 g/mol. The molecule has 0 saturated carbocycles. The molecule has 2 amide bonds. The zero-order valence-corrected chi connectivity index (χ0v) is 11.5. The second-order valence-electron chi connectivity index (χ2n) is 5.30. The molecule has 1 heterocycles. The molecule has 2 atom stereocenters. The Morgan fingerprint density at radius 3 is 2.76 bits per heavy atom. The Morgan fingerprint density at radius 1 is 1.33 bits per heavy atom. The van der Waals surface area contributed by atoms with Crippen LogP contribution in [0.2, 0.25) is 0 Å². The zero-order valence-electron chi connectivity index (χ0n) is 11.5. The number of anilines is 1. The molecule has 7 heteroatoms. The fourth-order valence-corrected chi connectivity index (χ4v) is 2.56. The van der Waals surface area contributed by atoms with E-state index < -0.39 is 11.6 Å². The molecular weight excluding hydrogens is 280 g/mol. The highest BCUT2D eigenvalue weighted by molar-refractivity contribution is 5.91. The predicted molar refractivity (Wildman–Crippen MR) is 72.5 cm³/mol. The van der Waals surface area contributed by atoms with Crippen molar-refractivity contribution >= 4 is 17.5 Å². The van der Waals surface area contributed by atoms with Gasteiger partial charge >= 0.3 is 0 Å². The molecule has 0 aliphatic carbocycles. The molecule has 1 fully saturated rings. The van der Waals surface area contributed by atoms with Crippen LogP contribution in [-0.2, 0) is 9.59 Å². The first-order valence-electron chi connectivity index (χ1n) is 6.83. The van der Waals surface area contributed by atoms with Gasteiger partial charge in [0.2, 0.25) is 5.91 Å². The van der Waals surface area contributed by atoms with Gasteiger partial charge in [0.1, 0.15) is 0 Å². The predicted octanol–water partition coefficient (Wildman–Crippen LogP) is -0.316. The number of rotatable bonds is 4. The van der Waals surface area contributed by atoms with Crippen molar-refractivity contribution in [3.05, 3.63) is 29.8 Å². The molecule has 1 unspecified atom stereocenters. The standard InChI is InChI=1S/C14H17F2N3O2/c15-11-4-3-10(6-12(11)16)18-13(20)8-19-5-1-2-9(7-19)14(17)21/h3-4,6,9H,1-2,5,7-8H2,(H2,17,21)(H,18,20)/p+1/t9-/m0/s1. The van der Waals surface area contributed by atoms with Gasteiger partial charge in [-0.1, -0.05) is 0 Å². The number of hydrogen-bond acceptors (Lipinski definition) is 2. The first-order valence-corrected chi connectivity index (χ1v) is 6.83. The molecule has 1 aromatic carbocycles. The summed E-state index contributed by atoms with van der Waals surface area (Å²) in [5.74, 6) is -2.81. The largest absolute Gasteiger partial charge is 0.369 e. The summed E-state index contributed by atoms with van der Waals surface area (Å²) in [5.41, 5.74) is 5.49. The van der Waals surface area contributed by atoms with Gasteiger partial charge < -0.3 is 16.0 Å². The number of likely N-dealkylation sites (tertiary alicyclic amines) is 1. The van der Waals surface area contributed by atoms with Crippen LogP contribution in [0.1, 0.15) is 12.8 Å². The number of benzene rings is 1. The van der Waals surface area contributed by atoms with Gasteiger partial charge in [0.25, 0.3) is 5.91 Å². The normalized spacial score (nSPS) is 21.8. The van der Waals surface area contributed by atoms with Crippen LogP contribution in [0.25, 0.3) is 0 Å². The maximum Gasteiger partial charge on any atom is 0.279 e. The third kappa shape index (κ3) is 4.22. The number of carbonyl (C=O) groups is 2. The first kappa shape index (κ1) is 15.4. The number of amides is 2. The second-order valence-corrected chi connectivity index (χ2v) is 5.30. The molecule has 1 saturated heterocycles. The van der Waals surface area contributed by atoms with E-state index in [0.717, 1.165) is 36.4 Å². The fraction of sp³-hybridized carbons (Fsp3) is 0.429. The van der Waals surface area contributed by atoms with Gasteiger partial charge in [-0.15, -0.1) is 0 Å². The summed E-state index contributed by atoms with van der Waals surface area (Å²) in [6.45, 7) is 1.48. The number of primary amides is 1. The summed E-state index contributed by atoms with van der Waals surface area (Å²) in [6.07, 6.45) is 1.59. The Balaban J connectivity index is 1.89. The van der Waals surface area contributed by atoms with Crippen LogP contribution in [0, 0.1) is 17.6 Å². The highest BCUT2D eigenvalue weighted by Crippen LogP contribution is 2.12. The third-order valence-electron chi connectivity index (χ3n) is 3.63. The van der Waals surface area contributed by atoms with Crippen molar-refractivity contribution in [2.24, 2.45) is 11.7 Å². The van der Waals surface area contributed by atoms with Crippen LogP contribution in [0.5, 0.6) is 0 Å². The molecule has 5 nitrogen and oxygen atoms in total. The van der Waals surface area contributed by atoms with Gasteiger partial charge in [-0.2, -0.15) is 0 Å². The van der Waals surface area contributed by atoms with Gasteiger partial charge in [-0.25, -0.2) is 8.78 Å². The van der Waals surface area contributed by atoms with Crippen molar-refractivity contribution in [2.75, 3.05) is 25.0 Å². The lowest BCUT2D eigenvalue weighted by atomic mass is 9.97.